The number of aliphatic carboxylic acids is 1. The number of hydrogen-bond acceptors (Lipinski definition) is 4. The highest BCUT2D eigenvalue weighted by molar-refractivity contribution is 7.91. The van der Waals surface area contributed by atoms with Crippen LogP contribution in [-0.2, 0) is 14.6 Å². The van der Waals surface area contributed by atoms with E-state index in [9.17, 15) is 13.2 Å². The van der Waals surface area contributed by atoms with Crippen molar-refractivity contribution >= 4 is 21.5 Å². The molecule has 1 unspecified atom stereocenters. The summed E-state index contributed by atoms with van der Waals surface area (Å²) in [6.07, 6.45) is -0.178. The summed E-state index contributed by atoms with van der Waals surface area (Å²) < 4.78 is 24.7. The van der Waals surface area contributed by atoms with Crippen molar-refractivity contribution in [1.29, 1.82) is 0 Å². The van der Waals surface area contributed by atoms with Crippen LogP contribution in [0.5, 0.6) is 0 Å². The fourth-order valence-corrected chi connectivity index (χ4v) is 4.80. The van der Waals surface area contributed by atoms with E-state index in [1.807, 2.05) is 13.0 Å². The number of anilines is 1. The van der Waals surface area contributed by atoms with Crippen molar-refractivity contribution in [2.45, 2.75) is 31.2 Å². The lowest BCUT2D eigenvalue weighted by Crippen LogP contribution is -2.44. The SMILES string of the molecule is Cc1ccc(C)c2c1N(C)C(CC(=O)O)CS2(=O)=O. The summed E-state index contributed by atoms with van der Waals surface area (Å²) in [5.74, 6) is -1.13. The average molecular weight is 283 g/mol. The highest BCUT2D eigenvalue weighted by Gasteiger charge is 2.36. The highest BCUT2D eigenvalue weighted by Crippen LogP contribution is 2.38. The van der Waals surface area contributed by atoms with Gasteiger partial charge >= 0.3 is 5.97 Å². The van der Waals surface area contributed by atoms with Crippen molar-refractivity contribution in [3.63, 3.8) is 0 Å². The summed E-state index contributed by atoms with van der Waals surface area (Å²) in [4.78, 5) is 13.0. The van der Waals surface area contributed by atoms with Gasteiger partial charge in [0.15, 0.2) is 9.84 Å². The van der Waals surface area contributed by atoms with Gasteiger partial charge in [-0.05, 0) is 25.0 Å². The van der Waals surface area contributed by atoms with Crippen molar-refractivity contribution in [3.05, 3.63) is 23.3 Å². The van der Waals surface area contributed by atoms with Gasteiger partial charge in [0.2, 0.25) is 0 Å². The van der Waals surface area contributed by atoms with Crippen LogP contribution in [0.25, 0.3) is 0 Å². The Morgan fingerprint density at radius 2 is 1.95 bits per heavy atom. The summed E-state index contributed by atoms with van der Waals surface area (Å²) in [6, 6.07) is 3.14. The van der Waals surface area contributed by atoms with E-state index in [-0.39, 0.29) is 12.2 Å². The van der Waals surface area contributed by atoms with Crippen molar-refractivity contribution in [1.82, 2.24) is 0 Å². The molecule has 6 heteroatoms. The molecule has 1 N–H and O–H groups in total. The fourth-order valence-electron chi connectivity index (χ4n) is 2.63. The third kappa shape index (κ3) is 2.32. The maximum Gasteiger partial charge on any atom is 0.305 e. The number of benzene rings is 1. The quantitative estimate of drug-likeness (QED) is 0.887. The van der Waals surface area contributed by atoms with Gasteiger partial charge in [0.25, 0.3) is 0 Å². The number of hydrogen-bond donors (Lipinski definition) is 1. The Labute approximate surface area is 112 Å². The number of carbonyl (C=O) groups is 1. The van der Waals surface area contributed by atoms with Crippen LogP contribution in [0.1, 0.15) is 17.5 Å². The van der Waals surface area contributed by atoms with Crippen LogP contribution in [0, 0.1) is 13.8 Å². The first kappa shape index (κ1) is 13.9. The molecule has 1 aromatic rings. The first-order chi connectivity index (χ1) is 8.74. The molecule has 0 radical (unpaired) electrons. The van der Waals surface area contributed by atoms with Gasteiger partial charge < -0.3 is 10.0 Å². The number of aryl methyl sites for hydroxylation is 2. The molecule has 0 amide bonds. The molecule has 2 rings (SSSR count). The van der Waals surface area contributed by atoms with Crippen LogP contribution in [0.3, 0.4) is 0 Å². The van der Waals surface area contributed by atoms with E-state index in [0.29, 0.717) is 16.1 Å². The molecule has 1 aliphatic heterocycles. The molecule has 104 valence electrons. The molecule has 19 heavy (non-hydrogen) atoms. The molecule has 0 aromatic heterocycles. The number of sulfone groups is 1. The Bertz CT molecular complexity index is 636. The molecule has 0 saturated carbocycles. The van der Waals surface area contributed by atoms with Crippen LogP contribution < -0.4 is 4.90 Å². The largest absolute Gasteiger partial charge is 0.481 e. The minimum absolute atomic E-state index is 0.146. The fraction of sp³-hybridized carbons (Fsp3) is 0.462. The van der Waals surface area contributed by atoms with Crippen molar-refractivity contribution in [2.75, 3.05) is 17.7 Å². The van der Waals surface area contributed by atoms with Crippen molar-refractivity contribution in [3.8, 4) is 0 Å². The van der Waals surface area contributed by atoms with Gasteiger partial charge in [0.05, 0.1) is 28.8 Å². The maximum atomic E-state index is 12.4. The van der Waals surface area contributed by atoms with Gasteiger partial charge in [0, 0.05) is 7.05 Å². The highest BCUT2D eigenvalue weighted by atomic mass is 32.2. The smallest absolute Gasteiger partial charge is 0.305 e. The minimum Gasteiger partial charge on any atom is -0.481 e. The predicted octanol–water partition coefficient (Wildman–Crippen LogP) is 1.37. The Morgan fingerprint density at radius 1 is 1.37 bits per heavy atom. The molecule has 0 fully saturated rings. The number of carboxylic acid groups (broad SMARTS) is 1. The Morgan fingerprint density at radius 3 is 2.53 bits per heavy atom. The first-order valence-corrected chi connectivity index (χ1v) is 7.67. The monoisotopic (exact) mass is 283 g/mol. The van der Waals surface area contributed by atoms with Crippen LogP contribution in [0.2, 0.25) is 0 Å². The molecular weight excluding hydrogens is 266 g/mol. The van der Waals surface area contributed by atoms with Crippen LogP contribution >= 0.6 is 0 Å². The zero-order valence-electron chi connectivity index (χ0n) is 11.2. The second-order valence-corrected chi connectivity index (χ2v) is 6.99. The molecule has 5 nitrogen and oxygen atoms in total. The summed E-state index contributed by atoms with van der Waals surface area (Å²) in [5, 5.41) is 8.90. The van der Waals surface area contributed by atoms with Crippen LogP contribution in [0.15, 0.2) is 17.0 Å². The Kier molecular flexibility index (Phi) is 3.30. The van der Waals surface area contributed by atoms with Gasteiger partial charge in [0.1, 0.15) is 0 Å². The van der Waals surface area contributed by atoms with Gasteiger partial charge in [-0.15, -0.1) is 0 Å². The Hall–Kier alpha value is -1.56. The van der Waals surface area contributed by atoms with Gasteiger partial charge in [-0.3, -0.25) is 4.79 Å². The van der Waals surface area contributed by atoms with E-state index < -0.39 is 21.8 Å². The standard InChI is InChI=1S/C13H17NO4S/c1-8-4-5-9(2)13-12(8)14(3)10(6-11(15)16)7-19(13,17)18/h4-5,10H,6-7H2,1-3H3,(H,15,16). The van der Waals surface area contributed by atoms with E-state index >= 15 is 0 Å². The van der Waals surface area contributed by atoms with Crippen molar-refractivity contribution < 1.29 is 18.3 Å². The number of carboxylic acids is 1. The van der Waals surface area contributed by atoms with E-state index in [1.165, 1.54) is 0 Å². The van der Waals surface area contributed by atoms with E-state index in [4.69, 9.17) is 5.11 Å². The normalized spacial score (nSPS) is 21.0. The van der Waals surface area contributed by atoms with E-state index in [2.05, 4.69) is 0 Å². The predicted molar refractivity (Wildman–Crippen MR) is 72.4 cm³/mol. The molecule has 0 spiro atoms. The molecule has 1 aromatic carbocycles. The lowest BCUT2D eigenvalue weighted by molar-refractivity contribution is -0.137. The zero-order valence-corrected chi connectivity index (χ0v) is 12.0. The molecule has 0 bridgehead atoms. The van der Waals surface area contributed by atoms with Crippen molar-refractivity contribution in [2.24, 2.45) is 0 Å². The summed E-state index contributed by atoms with van der Waals surface area (Å²) >= 11 is 0. The summed E-state index contributed by atoms with van der Waals surface area (Å²) in [7, 11) is -1.67. The maximum absolute atomic E-state index is 12.4. The van der Waals surface area contributed by atoms with Gasteiger partial charge in [-0.2, -0.15) is 0 Å². The number of nitrogens with zero attached hydrogens (tertiary/aromatic N) is 1. The lowest BCUT2D eigenvalue weighted by atomic mass is 10.1. The molecule has 1 aliphatic rings. The summed E-state index contributed by atoms with van der Waals surface area (Å²) in [5.41, 5.74) is 2.19. The zero-order chi connectivity index (χ0) is 14.4. The topological polar surface area (TPSA) is 74.7 Å². The lowest BCUT2D eigenvalue weighted by Gasteiger charge is -2.36. The minimum atomic E-state index is -3.43. The van der Waals surface area contributed by atoms with E-state index in [0.717, 1.165) is 5.56 Å². The summed E-state index contributed by atoms with van der Waals surface area (Å²) in [6.45, 7) is 3.61. The third-order valence-corrected chi connectivity index (χ3v) is 5.52. The second kappa shape index (κ2) is 4.52. The van der Waals surface area contributed by atoms with Crippen LogP contribution in [0.4, 0.5) is 5.69 Å². The molecule has 1 atom stereocenters. The second-order valence-electron chi connectivity index (χ2n) is 5.02. The molecule has 0 aliphatic carbocycles. The number of fused-ring (bicyclic) bond motifs is 1. The third-order valence-electron chi connectivity index (χ3n) is 3.56. The van der Waals surface area contributed by atoms with E-state index in [1.54, 1.807) is 24.9 Å². The molecule has 1 heterocycles. The average Bonchev–Trinajstić information content (AvgIpc) is 2.27. The number of rotatable bonds is 2. The van der Waals surface area contributed by atoms with Gasteiger partial charge in [-0.25, -0.2) is 8.42 Å². The first-order valence-electron chi connectivity index (χ1n) is 6.01. The molecule has 0 saturated heterocycles. The van der Waals surface area contributed by atoms with Crippen LogP contribution in [-0.4, -0.2) is 38.3 Å². The van der Waals surface area contributed by atoms with Gasteiger partial charge in [-0.1, -0.05) is 12.1 Å². The Balaban J connectivity index is 2.64. The molecular formula is C13H17NO4S.